The first-order chi connectivity index (χ1) is 16.6. The van der Waals surface area contributed by atoms with Crippen molar-refractivity contribution in [2.75, 3.05) is 0 Å². The molecule has 8 heteroatoms. The second-order valence-corrected chi connectivity index (χ2v) is 9.17. The lowest BCUT2D eigenvalue weighted by Gasteiger charge is -2.19. The molecule has 180 valence electrons. The van der Waals surface area contributed by atoms with Gasteiger partial charge in [0.25, 0.3) is 5.56 Å². The molecular formula is C27H27N3O5. The van der Waals surface area contributed by atoms with Gasteiger partial charge in [-0.05, 0) is 68.3 Å². The number of hydrogen-bond donors (Lipinski definition) is 3. The fraction of sp³-hybridized carbons (Fsp3) is 0.222. The van der Waals surface area contributed by atoms with Gasteiger partial charge in [-0.15, -0.1) is 0 Å². The highest BCUT2D eigenvalue weighted by Gasteiger charge is 2.19. The smallest absolute Gasteiger partial charge is 0.418 e. The first-order valence-corrected chi connectivity index (χ1v) is 11.3. The van der Waals surface area contributed by atoms with Gasteiger partial charge in [-0.2, -0.15) is 0 Å². The number of carboxylic acid groups (broad SMARTS) is 1. The number of nitrogens with zero attached hydrogens (tertiary/aromatic N) is 1. The molecular weight excluding hydrogens is 446 g/mol. The molecule has 3 N–H and O–H groups in total. The average molecular weight is 474 g/mol. The zero-order valence-electron chi connectivity index (χ0n) is 20.0. The summed E-state index contributed by atoms with van der Waals surface area (Å²) < 4.78 is 7.01. The average Bonchev–Trinajstić information content (AvgIpc) is 3.46. The molecule has 2 aromatic carbocycles. The van der Waals surface area contributed by atoms with Crippen molar-refractivity contribution in [2.24, 2.45) is 0 Å². The number of nitrogens with one attached hydrogen (secondary N) is 2. The van der Waals surface area contributed by atoms with E-state index >= 15 is 0 Å². The van der Waals surface area contributed by atoms with E-state index in [2.05, 4.69) is 22.1 Å². The molecule has 5 aromatic rings. The lowest BCUT2D eigenvalue weighted by molar-refractivity contribution is -0.136. The third kappa shape index (κ3) is 4.96. The third-order valence-electron chi connectivity index (χ3n) is 5.45. The number of ether oxygens (including phenoxy) is 1. The summed E-state index contributed by atoms with van der Waals surface area (Å²) in [5, 5.41) is 10.6. The quantitative estimate of drug-likeness (QED) is 0.295. The molecule has 5 rings (SSSR count). The van der Waals surface area contributed by atoms with Gasteiger partial charge >= 0.3 is 12.1 Å². The van der Waals surface area contributed by atoms with Crippen molar-refractivity contribution in [2.45, 2.75) is 39.7 Å². The molecule has 3 aromatic heterocycles. The zero-order valence-corrected chi connectivity index (χ0v) is 20.0. The second-order valence-electron chi connectivity index (χ2n) is 9.17. The Morgan fingerprint density at radius 2 is 1.69 bits per heavy atom. The van der Waals surface area contributed by atoms with Crippen molar-refractivity contribution in [3.8, 4) is 11.1 Å². The molecule has 8 nitrogen and oxygen atoms in total. The van der Waals surface area contributed by atoms with Crippen molar-refractivity contribution in [1.82, 2.24) is 14.5 Å². The van der Waals surface area contributed by atoms with Crippen molar-refractivity contribution in [3.05, 3.63) is 71.3 Å². The maximum atomic E-state index is 12.5. The summed E-state index contributed by atoms with van der Waals surface area (Å²) in [6.45, 7) is 7.15. The fourth-order valence-electron chi connectivity index (χ4n) is 3.81. The second kappa shape index (κ2) is 9.13. The normalized spacial score (nSPS) is 11.4. The molecule has 0 aliphatic carbocycles. The summed E-state index contributed by atoms with van der Waals surface area (Å²) in [4.78, 5) is 39.9. The highest BCUT2D eigenvalue weighted by molar-refractivity contribution is 6.06. The van der Waals surface area contributed by atoms with E-state index in [1.807, 2.05) is 57.2 Å². The van der Waals surface area contributed by atoms with E-state index in [9.17, 15) is 14.4 Å². The lowest BCUT2D eigenvalue weighted by Crippen LogP contribution is -2.26. The summed E-state index contributed by atoms with van der Waals surface area (Å²) in [6.07, 6.45) is 3.34. The fourth-order valence-corrected chi connectivity index (χ4v) is 3.81. The Labute approximate surface area is 201 Å². The summed E-state index contributed by atoms with van der Waals surface area (Å²) in [7, 11) is 0. The van der Waals surface area contributed by atoms with Gasteiger partial charge < -0.3 is 19.8 Å². The number of benzene rings is 2. The molecule has 0 aliphatic heterocycles. The van der Waals surface area contributed by atoms with E-state index in [1.54, 1.807) is 19.3 Å². The van der Waals surface area contributed by atoms with Crippen LogP contribution in [0.2, 0.25) is 0 Å². The summed E-state index contributed by atoms with van der Waals surface area (Å²) in [5.41, 5.74) is 3.55. The van der Waals surface area contributed by atoms with Crippen LogP contribution in [-0.2, 0) is 9.53 Å². The van der Waals surface area contributed by atoms with Crippen molar-refractivity contribution < 1.29 is 19.4 Å². The van der Waals surface area contributed by atoms with Crippen LogP contribution in [0.25, 0.3) is 43.8 Å². The van der Waals surface area contributed by atoms with E-state index in [4.69, 9.17) is 9.84 Å². The molecule has 0 saturated carbocycles. The van der Waals surface area contributed by atoms with Gasteiger partial charge in [0.1, 0.15) is 11.1 Å². The van der Waals surface area contributed by atoms with Crippen LogP contribution in [0.5, 0.6) is 0 Å². The van der Waals surface area contributed by atoms with Crippen LogP contribution in [0.1, 0.15) is 34.1 Å². The molecule has 0 atom stereocenters. The molecule has 0 spiro atoms. The van der Waals surface area contributed by atoms with Gasteiger partial charge in [-0.25, -0.2) is 4.79 Å². The Hall–Kier alpha value is -4.33. The molecule has 0 bridgehead atoms. The maximum Gasteiger partial charge on any atom is 0.418 e. The predicted molar refractivity (Wildman–Crippen MR) is 137 cm³/mol. The number of pyridine rings is 1. The minimum absolute atomic E-state index is 0.125. The first kappa shape index (κ1) is 23.8. The number of carboxylic acids is 1. The largest absolute Gasteiger partial charge is 0.481 e. The van der Waals surface area contributed by atoms with Crippen LogP contribution in [0, 0.1) is 0 Å². The van der Waals surface area contributed by atoms with Crippen LogP contribution >= 0.6 is 0 Å². The highest BCUT2D eigenvalue weighted by atomic mass is 16.6. The third-order valence-corrected chi connectivity index (χ3v) is 5.45. The molecule has 0 amide bonds. The van der Waals surface area contributed by atoms with Crippen LogP contribution < -0.4 is 5.56 Å². The molecule has 0 radical (unpaired) electrons. The van der Waals surface area contributed by atoms with Gasteiger partial charge in [-0.3, -0.25) is 14.2 Å². The number of aromatic nitrogens is 3. The standard InChI is InChI=1S/C24H21N3O3.C3H6O2/c1-24(2,3)30-23(29)27-11-9-16-12-14(5-7-20(16)27)15-4-6-19-18(13-15)17-8-10-25-21(17)22(28)26-19;1-2-3(4)5/h4-13,25H,1-3H3,(H,26,28);2H2,1H3,(H,4,5). The van der Waals surface area contributed by atoms with E-state index in [1.165, 1.54) is 4.57 Å². The van der Waals surface area contributed by atoms with Gasteiger partial charge in [-0.1, -0.05) is 19.1 Å². The van der Waals surface area contributed by atoms with Gasteiger partial charge in [0.2, 0.25) is 0 Å². The van der Waals surface area contributed by atoms with E-state index < -0.39 is 17.7 Å². The number of H-pyrrole nitrogens is 2. The number of aliphatic carboxylic acids is 1. The lowest BCUT2D eigenvalue weighted by atomic mass is 10.0. The Morgan fingerprint density at radius 3 is 2.37 bits per heavy atom. The summed E-state index contributed by atoms with van der Waals surface area (Å²) >= 11 is 0. The first-order valence-electron chi connectivity index (χ1n) is 11.3. The van der Waals surface area contributed by atoms with Crippen molar-refractivity contribution in [1.29, 1.82) is 0 Å². The van der Waals surface area contributed by atoms with Crippen LogP contribution in [0.3, 0.4) is 0 Å². The number of fused-ring (bicyclic) bond motifs is 4. The number of carbonyl (C=O) groups excluding carboxylic acids is 1. The van der Waals surface area contributed by atoms with Gasteiger partial charge in [0, 0.05) is 40.5 Å². The SMILES string of the molecule is CC(C)(C)OC(=O)n1ccc2cc(-c3ccc4[nH]c(=O)c5[nH]ccc5c4c3)ccc21.CCC(=O)O. The van der Waals surface area contributed by atoms with Crippen molar-refractivity contribution >= 4 is 44.8 Å². The van der Waals surface area contributed by atoms with Gasteiger partial charge in [0.15, 0.2) is 0 Å². The van der Waals surface area contributed by atoms with Crippen LogP contribution in [-0.4, -0.2) is 37.3 Å². The molecule has 0 aliphatic rings. The molecule has 0 fully saturated rings. The maximum absolute atomic E-state index is 12.5. The number of aromatic amines is 2. The van der Waals surface area contributed by atoms with E-state index in [0.717, 1.165) is 38.3 Å². The van der Waals surface area contributed by atoms with Crippen LogP contribution in [0.15, 0.2) is 65.7 Å². The minimum Gasteiger partial charge on any atom is -0.481 e. The zero-order chi connectivity index (χ0) is 25.3. The molecule has 0 saturated heterocycles. The Morgan fingerprint density at radius 1 is 1.00 bits per heavy atom. The Balaban J connectivity index is 0.000000527. The summed E-state index contributed by atoms with van der Waals surface area (Å²) in [6, 6.07) is 15.8. The molecule has 3 heterocycles. The predicted octanol–water partition coefficient (Wildman–Crippen LogP) is 5.90. The Kier molecular flexibility index (Phi) is 6.22. The topological polar surface area (TPSA) is 117 Å². The molecule has 35 heavy (non-hydrogen) atoms. The van der Waals surface area contributed by atoms with E-state index in [-0.39, 0.29) is 12.0 Å². The highest BCUT2D eigenvalue weighted by Crippen LogP contribution is 2.30. The minimum atomic E-state index is -0.745. The number of hydrogen-bond acceptors (Lipinski definition) is 4. The number of carbonyl (C=O) groups is 2. The number of rotatable bonds is 2. The van der Waals surface area contributed by atoms with Crippen molar-refractivity contribution in [3.63, 3.8) is 0 Å². The summed E-state index contributed by atoms with van der Waals surface area (Å²) in [5.74, 6) is -0.745. The monoisotopic (exact) mass is 473 g/mol. The van der Waals surface area contributed by atoms with Gasteiger partial charge in [0.05, 0.1) is 5.52 Å². The molecule has 0 unspecified atom stereocenters. The van der Waals surface area contributed by atoms with Crippen LogP contribution in [0.4, 0.5) is 4.79 Å². The van der Waals surface area contributed by atoms with E-state index in [0.29, 0.717) is 5.52 Å². The Bertz CT molecular complexity index is 1620.